The number of ether oxygens (including phenoxy) is 1. The van der Waals surface area contributed by atoms with Gasteiger partial charge in [0.2, 0.25) is 0 Å². The van der Waals surface area contributed by atoms with Gasteiger partial charge in [-0.2, -0.15) is 0 Å². The molecule has 0 bridgehead atoms. The molecule has 1 rings (SSSR count). The maximum Gasteiger partial charge on any atom is 0.0679 e. The molecule has 92 valence electrons. The van der Waals surface area contributed by atoms with Gasteiger partial charge in [-0.3, -0.25) is 4.68 Å². The number of nitrogens with two attached hydrogens (primary N) is 1. The van der Waals surface area contributed by atoms with Crippen molar-refractivity contribution in [1.82, 2.24) is 4.68 Å². The number of hydrogen-bond donors (Lipinski definition) is 2. The first kappa shape index (κ1) is 13.1. The summed E-state index contributed by atoms with van der Waals surface area (Å²) in [5.41, 5.74) is 11.4. The van der Waals surface area contributed by atoms with Gasteiger partial charge in [0.1, 0.15) is 0 Å². The highest BCUT2D eigenvalue weighted by Gasteiger charge is 2.09. The van der Waals surface area contributed by atoms with Crippen molar-refractivity contribution in [2.45, 2.75) is 32.7 Å². The van der Waals surface area contributed by atoms with Gasteiger partial charge in [-0.15, -0.1) is 0 Å². The van der Waals surface area contributed by atoms with E-state index in [1.54, 1.807) is 7.11 Å². The molecule has 4 heteroatoms. The highest BCUT2D eigenvalue weighted by Crippen LogP contribution is 2.07. The normalized spacial score (nSPS) is 12.8. The van der Waals surface area contributed by atoms with Gasteiger partial charge in [-0.25, -0.2) is 0 Å². The monoisotopic (exact) mass is 225 g/mol. The van der Waals surface area contributed by atoms with Gasteiger partial charge in [0.25, 0.3) is 0 Å². The van der Waals surface area contributed by atoms with E-state index in [4.69, 9.17) is 10.5 Å². The highest BCUT2D eigenvalue weighted by atomic mass is 16.5. The van der Waals surface area contributed by atoms with Crippen molar-refractivity contribution in [3.05, 3.63) is 23.5 Å². The van der Waals surface area contributed by atoms with Crippen LogP contribution in [0.3, 0.4) is 0 Å². The van der Waals surface area contributed by atoms with Gasteiger partial charge in [0, 0.05) is 18.5 Å². The summed E-state index contributed by atoms with van der Waals surface area (Å²) >= 11 is 0. The number of nitrogens with zero attached hydrogens (tertiary/aromatic N) is 1. The zero-order valence-electron chi connectivity index (χ0n) is 10.5. The van der Waals surface area contributed by atoms with Crippen LogP contribution in [0.25, 0.3) is 0 Å². The number of hydrogen-bond acceptors (Lipinski definition) is 3. The number of methoxy groups -OCH3 is 1. The van der Waals surface area contributed by atoms with Gasteiger partial charge in [0.15, 0.2) is 0 Å². The first-order valence-corrected chi connectivity index (χ1v) is 5.79. The van der Waals surface area contributed by atoms with E-state index in [1.165, 1.54) is 11.4 Å². The Labute approximate surface area is 97.7 Å². The molecule has 0 aromatic carbocycles. The molecule has 0 saturated carbocycles. The fourth-order valence-corrected chi connectivity index (χ4v) is 1.81. The molecule has 1 unspecified atom stereocenters. The van der Waals surface area contributed by atoms with E-state index in [0.29, 0.717) is 12.6 Å². The first-order chi connectivity index (χ1) is 7.69. The molecular weight excluding hydrogens is 202 g/mol. The van der Waals surface area contributed by atoms with Crippen molar-refractivity contribution in [3.63, 3.8) is 0 Å². The molecule has 0 aliphatic rings. The smallest absolute Gasteiger partial charge is 0.0679 e. The fourth-order valence-electron chi connectivity index (χ4n) is 1.81. The SMILES string of the molecule is COCC(CCCN)Nn1c(C)ccc1C. The lowest BCUT2D eigenvalue weighted by Gasteiger charge is -2.22. The van der Waals surface area contributed by atoms with Gasteiger partial charge >= 0.3 is 0 Å². The van der Waals surface area contributed by atoms with Crippen LogP contribution >= 0.6 is 0 Å². The van der Waals surface area contributed by atoms with Crippen molar-refractivity contribution < 1.29 is 4.74 Å². The van der Waals surface area contributed by atoms with E-state index < -0.39 is 0 Å². The Morgan fingerprint density at radius 3 is 2.50 bits per heavy atom. The maximum atomic E-state index is 5.53. The van der Waals surface area contributed by atoms with Gasteiger partial charge in [-0.05, 0) is 45.4 Å². The molecule has 0 amide bonds. The summed E-state index contributed by atoms with van der Waals surface area (Å²) < 4.78 is 7.32. The van der Waals surface area contributed by atoms with Crippen LogP contribution in [0.15, 0.2) is 12.1 Å². The molecule has 3 N–H and O–H groups in total. The Balaban J connectivity index is 2.59. The average molecular weight is 225 g/mol. The quantitative estimate of drug-likeness (QED) is 0.737. The molecule has 1 heterocycles. The number of aromatic nitrogens is 1. The van der Waals surface area contributed by atoms with Crippen LogP contribution in [0.4, 0.5) is 0 Å². The Morgan fingerprint density at radius 2 is 2.00 bits per heavy atom. The zero-order valence-corrected chi connectivity index (χ0v) is 10.5. The summed E-state index contributed by atoms with van der Waals surface area (Å²) in [6, 6.07) is 4.53. The van der Waals surface area contributed by atoms with Crippen LogP contribution in [-0.2, 0) is 4.74 Å². The summed E-state index contributed by atoms with van der Waals surface area (Å²) in [7, 11) is 1.73. The average Bonchev–Trinajstić information content (AvgIpc) is 2.57. The minimum atomic E-state index is 0.318. The van der Waals surface area contributed by atoms with Crippen molar-refractivity contribution >= 4 is 0 Å². The molecule has 4 nitrogen and oxygen atoms in total. The molecule has 0 spiro atoms. The summed E-state index contributed by atoms with van der Waals surface area (Å²) in [5.74, 6) is 0. The minimum Gasteiger partial charge on any atom is -0.382 e. The second-order valence-corrected chi connectivity index (χ2v) is 4.16. The van der Waals surface area contributed by atoms with Crippen LogP contribution in [0, 0.1) is 13.8 Å². The molecule has 16 heavy (non-hydrogen) atoms. The minimum absolute atomic E-state index is 0.318. The zero-order chi connectivity index (χ0) is 12.0. The predicted octanol–water partition coefficient (Wildman–Crippen LogP) is 1.40. The van der Waals surface area contributed by atoms with Gasteiger partial charge in [-0.1, -0.05) is 0 Å². The Morgan fingerprint density at radius 1 is 1.38 bits per heavy atom. The largest absolute Gasteiger partial charge is 0.382 e. The van der Waals surface area contributed by atoms with Crippen LogP contribution in [0.1, 0.15) is 24.2 Å². The summed E-state index contributed by atoms with van der Waals surface area (Å²) in [6.07, 6.45) is 2.04. The standard InChI is InChI=1S/C12H23N3O/c1-10-6-7-11(2)15(10)14-12(9-16-3)5-4-8-13/h6-7,12,14H,4-5,8-9,13H2,1-3H3. The van der Waals surface area contributed by atoms with Gasteiger partial charge < -0.3 is 15.9 Å². The Hall–Kier alpha value is -1.00. The van der Waals surface area contributed by atoms with Gasteiger partial charge in [0.05, 0.1) is 12.6 Å². The van der Waals surface area contributed by atoms with E-state index in [2.05, 4.69) is 36.1 Å². The summed E-state index contributed by atoms with van der Waals surface area (Å²) in [5, 5.41) is 0. The summed E-state index contributed by atoms with van der Waals surface area (Å²) in [6.45, 7) is 5.61. The second-order valence-electron chi connectivity index (χ2n) is 4.16. The molecule has 1 aromatic rings. The third-order valence-electron chi connectivity index (χ3n) is 2.71. The fraction of sp³-hybridized carbons (Fsp3) is 0.667. The van der Waals surface area contributed by atoms with Crippen LogP contribution in [0.5, 0.6) is 0 Å². The molecule has 1 atom stereocenters. The Kier molecular flexibility index (Phi) is 5.35. The second kappa shape index (κ2) is 6.55. The van der Waals surface area contributed by atoms with Crippen molar-refractivity contribution in [2.24, 2.45) is 5.73 Å². The van der Waals surface area contributed by atoms with Crippen molar-refractivity contribution in [2.75, 3.05) is 25.7 Å². The van der Waals surface area contributed by atoms with E-state index in [0.717, 1.165) is 19.4 Å². The molecule has 0 fully saturated rings. The lowest BCUT2D eigenvalue weighted by Crippen LogP contribution is -2.33. The van der Waals surface area contributed by atoms with E-state index in [1.807, 2.05) is 0 Å². The van der Waals surface area contributed by atoms with Crippen LogP contribution in [0.2, 0.25) is 0 Å². The molecule has 0 saturated heterocycles. The lowest BCUT2D eigenvalue weighted by atomic mass is 10.2. The highest BCUT2D eigenvalue weighted by molar-refractivity contribution is 5.15. The molecule has 0 aliphatic carbocycles. The Bertz CT molecular complexity index is 290. The van der Waals surface area contributed by atoms with Crippen LogP contribution < -0.4 is 11.2 Å². The van der Waals surface area contributed by atoms with Crippen molar-refractivity contribution in [3.8, 4) is 0 Å². The van der Waals surface area contributed by atoms with Crippen LogP contribution in [-0.4, -0.2) is 31.0 Å². The topological polar surface area (TPSA) is 52.2 Å². The van der Waals surface area contributed by atoms with Crippen molar-refractivity contribution in [1.29, 1.82) is 0 Å². The van der Waals surface area contributed by atoms with E-state index in [9.17, 15) is 0 Å². The third kappa shape index (κ3) is 3.54. The number of aryl methyl sites for hydroxylation is 2. The number of rotatable bonds is 7. The molecule has 1 aromatic heterocycles. The lowest BCUT2D eigenvalue weighted by molar-refractivity contribution is 0.178. The predicted molar refractivity (Wildman–Crippen MR) is 67.2 cm³/mol. The molecule has 0 radical (unpaired) electrons. The number of nitrogens with one attached hydrogen (secondary N) is 1. The van der Waals surface area contributed by atoms with E-state index in [-0.39, 0.29) is 0 Å². The maximum absolute atomic E-state index is 5.53. The molecule has 0 aliphatic heterocycles. The van der Waals surface area contributed by atoms with E-state index >= 15 is 0 Å². The third-order valence-corrected chi connectivity index (χ3v) is 2.71. The summed E-state index contributed by atoms with van der Waals surface area (Å²) in [4.78, 5) is 0. The first-order valence-electron chi connectivity index (χ1n) is 5.79. The molecular formula is C12H23N3O.